The maximum atomic E-state index is 12.1. The number of azo groups is 2. The minimum absolute atomic E-state index is 0.0102. The van der Waals surface area contributed by atoms with Gasteiger partial charge in [0.05, 0.1) is 44.9 Å². The number of nitrogens with one attached hydrogen (secondary N) is 3. The van der Waals surface area contributed by atoms with Crippen LogP contribution < -0.4 is 20.7 Å². The van der Waals surface area contributed by atoms with Crippen LogP contribution in [-0.2, 0) is 60.7 Å². The van der Waals surface area contributed by atoms with Crippen LogP contribution >= 0.6 is 0 Å². The number of hydrogen-bond donors (Lipinski definition) is 9. The third kappa shape index (κ3) is 14.9. The molecule has 1 heterocycles. The van der Waals surface area contributed by atoms with Crippen LogP contribution in [0.25, 0.3) is 10.8 Å². The van der Waals surface area contributed by atoms with Crippen LogP contribution in [0.3, 0.4) is 0 Å². The summed E-state index contributed by atoms with van der Waals surface area (Å²) >= 11 is 0. The maximum Gasteiger partial charge on any atom is 0.296 e. The molecular formula is C36H34N10O19S6. The van der Waals surface area contributed by atoms with E-state index >= 15 is 0 Å². The number of benzene rings is 5. The van der Waals surface area contributed by atoms with Gasteiger partial charge in [-0.25, -0.2) is 0 Å². The van der Waals surface area contributed by atoms with Gasteiger partial charge in [0.25, 0.3) is 60.7 Å². The normalized spacial score (nSPS) is 13.4. The Morgan fingerprint density at radius 3 is 1.70 bits per heavy atom. The quantitative estimate of drug-likeness (QED) is 0.0254. The summed E-state index contributed by atoms with van der Waals surface area (Å²) in [6.07, 6.45) is -0.243. The Bertz CT molecular complexity index is 3830. The smallest absolute Gasteiger partial charge is 0.296 e. The zero-order chi connectivity index (χ0) is 52.3. The van der Waals surface area contributed by atoms with E-state index in [9.17, 15) is 77.8 Å². The summed E-state index contributed by atoms with van der Waals surface area (Å²) < 4.78 is 204. The van der Waals surface area contributed by atoms with Gasteiger partial charge in [-0.15, -0.1) is 5.11 Å². The minimum Gasteiger partial charge on any atom is -0.491 e. The van der Waals surface area contributed by atoms with Crippen molar-refractivity contribution in [3.63, 3.8) is 0 Å². The molecule has 0 spiro atoms. The van der Waals surface area contributed by atoms with Gasteiger partial charge in [0.1, 0.15) is 21.2 Å². The molecule has 378 valence electrons. The molecule has 29 nitrogen and oxygen atoms in total. The summed E-state index contributed by atoms with van der Waals surface area (Å²) in [6, 6.07) is 17.1. The Balaban J connectivity index is 1.30. The molecule has 0 aliphatic heterocycles. The molecule has 6 rings (SSSR count). The largest absolute Gasteiger partial charge is 0.491 e. The van der Waals surface area contributed by atoms with E-state index in [1.807, 2.05) is 0 Å². The molecule has 0 fully saturated rings. The van der Waals surface area contributed by atoms with Gasteiger partial charge in [-0.05, 0) is 97.6 Å². The predicted octanol–water partition coefficient (Wildman–Crippen LogP) is 5.63. The molecule has 35 heteroatoms. The highest BCUT2D eigenvalue weighted by molar-refractivity contribution is 7.87. The van der Waals surface area contributed by atoms with E-state index < -0.39 is 103 Å². The fourth-order valence-electron chi connectivity index (χ4n) is 5.77. The molecule has 71 heavy (non-hydrogen) atoms. The Hall–Kier alpha value is -6.77. The molecule has 0 saturated heterocycles. The monoisotopic (exact) mass is 1100 g/mol. The van der Waals surface area contributed by atoms with Crippen LogP contribution in [0.15, 0.2) is 131 Å². The lowest BCUT2D eigenvalue weighted by Gasteiger charge is -2.16. The van der Waals surface area contributed by atoms with Crippen molar-refractivity contribution in [2.75, 3.05) is 28.3 Å². The van der Waals surface area contributed by atoms with Gasteiger partial charge < -0.3 is 20.7 Å². The molecule has 0 aliphatic carbocycles. The van der Waals surface area contributed by atoms with E-state index in [1.165, 1.54) is 60.7 Å². The third-order valence-electron chi connectivity index (χ3n) is 9.06. The lowest BCUT2D eigenvalue weighted by atomic mass is 10.1. The predicted molar refractivity (Wildman–Crippen MR) is 248 cm³/mol. The SMILES string of the molecule is CC(Nc1nc(Nc2ccc(/N=N\c3ccc4cc(S(=O)(=O)O)cc(S(=O)(=O)O)c4c3)cc2)nc(Nc2ccc(/N=N\c3ccc(S(=O)(=O)O)cc3S(=O)(=O)O)cc2OCCCS(=O)(=O)O)n1)S(=O)(=O)O. The average molecular weight is 1100 g/mol. The van der Waals surface area contributed by atoms with Crippen LogP contribution in [0, 0.1) is 0 Å². The van der Waals surface area contributed by atoms with Gasteiger partial charge in [-0.1, -0.05) is 6.07 Å². The number of fused-ring (bicyclic) bond motifs is 1. The number of rotatable bonds is 20. The van der Waals surface area contributed by atoms with Gasteiger partial charge in [0.2, 0.25) is 17.8 Å². The van der Waals surface area contributed by atoms with E-state index in [-0.39, 0.29) is 69.9 Å². The van der Waals surface area contributed by atoms with Gasteiger partial charge in [0.15, 0.2) is 5.37 Å². The number of ether oxygens (including phenoxy) is 1. The third-order valence-corrected chi connectivity index (χ3v) is 14.3. The Morgan fingerprint density at radius 1 is 0.549 bits per heavy atom. The molecular weight excluding hydrogens is 1070 g/mol. The maximum absolute atomic E-state index is 12.1. The summed E-state index contributed by atoms with van der Waals surface area (Å²) in [7, 11) is -29.0. The second-order valence-electron chi connectivity index (χ2n) is 14.3. The highest BCUT2D eigenvalue weighted by Gasteiger charge is 2.23. The first kappa shape index (κ1) is 53.6. The number of nitrogens with zero attached hydrogens (tertiary/aromatic N) is 7. The van der Waals surface area contributed by atoms with Crippen molar-refractivity contribution < 1.29 is 82.6 Å². The van der Waals surface area contributed by atoms with Crippen molar-refractivity contribution in [1.82, 2.24) is 15.0 Å². The van der Waals surface area contributed by atoms with Crippen LogP contribution in [0.4, 0.5) is 52.0 Å². The molecule has 0 radical (unpaired) electrons. The van der Waals surface area contributed by atoms with Crippen molar-refractivity contribution in [3.05, 3.63) is 91.0 Å². The second-order valence-corrected chi connectivity index (χ2v) is 23.3. The lowest BCUT2D eigenvalue weighted by Crippen LogP contribution is -2.27. The van der Waals surface area contributed by atoms with Crippen molar-refractivity contribution in [2.45, 2.75) is 38.3 Å². The van der Waals surface area contributed by atoms with Crippen LogP contribution in [0.2, 0.25) is 0 Å². The molecule has 0 bridgehead atoms. The average Bonchev–Trinajstić information content (AvgIpc) is 3.25. The van der Waals surface area contributed by atoms with Crippen molar-refractivity contribution in [1.29, 1.82) is 0 Å². The highest BCUT2D eigenvalue weighted by atomic mass is 32.2. The number of hydrogen-bond acceptors (Lipinski definition) is 23. The Morgan fingerprint density at radius 2 is 1.10 bits per heavy atom. The topological polar surface area (TPSA) is 460 Å². The first-order chi connectivity index (χ1) is 32.8. The van der Waals surface area contributed by atoms with Crippen LogP contribution in [-0.4, -0.2) is 111 Å². The van der Waals surface area contributed by atoms with E-state index in [4.69, 9.17) is 4.74 Å². The van der Waals surface area contributed by atoms with Gasteiger partial charge in [0, 0.05) is 17.1 Å². The zero-order valence-corrected chi connectivity index (χ0v) is 40.3. The second kappa shape index (κ2) is 20.5. The van der Waals surface area contributed by atoms with Crippen LogP contribution in [0.1, 0.15) is 13.3 Å². The molecule has 6 aromatic rings. The molecule has 1 atom stereocenters. The molecule has 0 saturated carbocycles. The first-order valence-electron chi connectivity index (χ1n) is 19.1. The zero-order valence-electron chi connectivity index (χ0n) is 35.4. The fourth-order valence-corrected chi connectivity index (χ4v) is 9.09. The van der Waals surface area contributed by atoms with Crippen molar-refractivity contribution in [2.24, 2.45) is 20.5 Å². The molecule has 0 aliphatic rings. The minimum atomic E-state index is -5.12. The van der Waals surface area contributed by atoms with Crippen LogP contribution in [0.5, 0.6) is 5.75 Å². The van der Waals surface area contributed by atoms with Crippen molar-refractivity contribution in [3.8, 4) is 5.75 Å². The summed E-state index contributed by atoms with van der Waals surface area (Å²) in [5, 5.41) is 22.1. The Kier molecular flexibility index (Phi) is 15.5. The number of anilines is 5. The summed E-state index contributed by atoms with van der Waals surface area (Å²) in [4.78, 5) is 9.08. The van der Waals surface area contributed by atoms with Crippen molar-refractivity contribution >= 4 is 123 Å². The van der Waals surface area contributed by atoms with Gasteiger partial charge in [-0.2, -0.15) is 80.8 Å². The first-order valence-corrected chi connectivity index (χ1v) is 28.0. The van der Waals surface area contributed by atoms with E-state index in [0.717, 1.165) is 25.1 Å². The number of aromatic nitrogens is 3. The molecule has 0 amide bonds. The highest BCUT2D eigenvalue weighted by Crippen LogP contribution is 2.35. The Labute approximate surface area is 402 Å². The molecule has 5 aromatic carbocycles. The molecule has 1 aromatic heterocycles. The fraction of sp³-hybridized carbons (Fsp3) is 0.139. The molecule has 1 unspecified atom stereocenters. The summed E-state index contributed by atoms with van der Waals surface area (Å²) in [6.45, 7) is 0.722. The van der Waals surface area contributed by atoms with E-state index in [2.05, 4.69) is 51.4 Å². The summed E-state index contributed by atoms with van der Waals surface area (Å²) in [5.41, 5.74) is -0.0579. The lowest BCUT2D eigenvalue weighted by molar-refractivity contribution is 0.317. The van der Waals surface area contributed by atoms with E-state index in [1.54, 1.807) is 0 Å². The summed E-state index contributed by atoms with van der Waals surface area (Å²) in [5.74, 6) is -1.84. The van der Waals surface area contributed by atoms with Gasteiger partial charge >= 0.3 is 0 Å². The molecule has 9 N–H and O–H groups in total. The standard InChI is InChI=1S/C36H34N10O19S6/c1-20(67(50,51)52)37-34-40-35(38-22-5-7-23(8-6-22)43-44-24-4-3-21-15-27(69(56,57)58)19-32(28(21)16-24)70(59,60)61)42-36(41-34)39-29-11-9-25(17-31(29)65-13-2-14-66(47,48)49)45-46-30-12-10-26(68(53,54)55)18-33(30)71(62,63)64/h3-12,15-20H,2,13-14H2,1H3,(H,47,48,49)(H,50,51,52)(H,53,54,55)(H,56,57,58)(H,59,60,61)(H,62,63,64)(H3,37,38,39,40,41,42)/b44-43-,46-45-. The van der Waals surface area contributed by atoms with Gasteiger partial charge in [-0.3, -0.25) is 27.3 Å². The van der Waals surface area contributed by atoms with E-state index in [0.29, 0.717) is 12.1 Å².